The average molecular weight is 554 g/mol. The number of sulfonamides is 1. The zero-order chi connectivity index (χ0) is 21.3. The Labute approximate surface area is 198 Å². The van der Waals surface area contributed by atoms with Crippen molar-refractivity contribution in [3.8, 4) is 0 Å². The van der Waals surface area contributed by atoms with Crippen molar-refractivity contribution in [2.75, 3.05) is 46.4 Å². The highest BCUT2D eigenvalue weighted by Gasteiger charge is 2.23. The fraction of sp³-hybridized carbons (Fsp3) is 0.650. The molecule has 1 atom stereocenters. The second-order valence-corrected chi connectivity index (χ2v) is 9.27. The number of hydrogen-bond acceptors (Lipinski definition) is 5. The standard InChI is InChI=1S/C20H35N5O3S.HI/c1-5-22-20(24-15-19(16(2)3)25-10-12-28-13-11-25)23-14-17-6-8-18(9-7-17)29(26,27)21-4;/h6-9,16,19,21H,5,10-15H2,1-4H3,(H2,22,23,24);1H. The molecule has 0 saturated carbocycles. The summed E-state index contributed by atoms with van der Waals surface area (Å²) in [4.78, 5) is 7.39. The number of halogens is 1. The lowest BCUT2D eigenvalue weighted by Gasteiger charge is -2.37. The first-order chi connectivity index (χ1) is 13.9. The van der Waals surface area contributed by atoms with Crippen molar-refractivity contribution in [3.63, 3.8) is 0 Å². The second-order valence-electron chi connectivity index (χ2n) is 7.39. The Morgan fingerprint density at radius 2 is 1.80 bits per heavy atom. The Morgan fingerprint density at radius 3 is 2.33 bits per heavy atom. The summed E-state index contributed by atoms with van der Waals surface area (Å²) in [7, 11) is -2.01. The van der Waals surface area contributed by atoms with E-state index in [2.05, 4.69) is 39.1 Å². The minimum atomic E-state index is -3.42. The normalized spacial score (nSPS) is 16.8. The fourth-order valence-corrected chi connectivity index (χ4v) is 4.03. The average Bonchev–Trinajstić information content (AvgIpc) is 2.73. The van der Waals surface area contributed by atoms with E-state index in [1.807, 2.05) is 6.92 Å². The van der Waals surface area contributed by atoms with Gasteiger partial charge in [-0.3, -0.25) is 4.90 Å². The van der Waals surface area contributed by atoms with E-state index >= 15 is 0 Å². The van der Waals surface area contributed by atoms with Gasteiger partial charge in [-0.1, -0.05) is 26.0 Å². The Hall–Kier alpha value is -0.950. The van der Waals surface area contributed by atoms with Crippen LogP contribution in [0.25, 0.3) is 0 Å². The van der Waals surface area contributed by atoms with Gasteiger partial charge >= 0.3 is 0 Å². The summed E-state index contributed by atoms with van der Waals surface area (Å²) < 4.78 is 31.5. The van der Waals surface area contributed by atoms with Gasteiger partial charge in [0.15, 0.2) is 5.96 Å². The van der Waals surface area contributed by atoms with Gasteiger partial charge in [0.25, 0.3) is 0 Å². The molecule has 3 N–H and O–H groups in total. The van der Waals surface area contributed by atoms with Crippen molar-refractivity contribution in [1.29, 1.82) is 0 Å². The van der Waals surface area contributed by atoms with Crippen molar-refractivity contribution in [2.45, 2.75) is 38.3 Å². The molecule has 1 fully saturated rings. The molecule has 1 aromatic rings. The summed E-state index contributed by atoms with van der Waals surface area (Å²) in [6, 6.07) is 7.20. The molecule has 1 heterocycles. The van der Waals surface area contributed by atoms with Crippen LogP contribution in [-0.2, 0) is 21.3 Å². The SMILES string of the molecule is CCNC(=NCc1ccc(S(=O)(=O)NC)cc1)NCC(C(C)C)N1CCOCC1.I. The number of morpholine rings is 1. The fourth-order valence-electron chi connectivity index (χ4n) is 3.30. The van der Waals surface area contributed by atoms with Crippen LogP contribution >= 0.6 is 24.0 Å². The quantitative estimate of drug-likeness (QED) is 0.245. The van der Waals surface area contributed by atoms with Crippen molar-refractivity contribution in [2.24, 2.45) is 10.9 Å². The van der Waals surface area contributed by atoms with Crippen LogP contribution < -0.4 is 15.4 Å². The number of aliphatic imine (C=N–C) groups is 1. The molecule has 0 aliphatic carbocycles. The molecule has 1 unspecified atom stereocenters. The molecule has 0 bridgehead atoms. The largest absolute Gasteiger partial charge is 0.379 e. The summed E-state index contributed by atoms with van der Waals surface area (Å²) >= 11 is 0. The molecular weight excluding hydrogens is 517 g/mol. The van der Waals surface area contributed by atoms with Crippen LogP contribution in [0.3, 0.4) is 0 Å². The number of nitrogens with zero attached hydrogens (tertiary/aromatic N) is 2. The van der Waals surface area contributed by atoms with Crippen LogP contribution in [-0.4, -0.2) is 71.8 Å². The number of nitrogens with one attached hydrogen (secondary N) is 3. The van der Waals surface area contributed by atoms with Crippen LogP contribution in [0.1, 0.15) is 26.3 Å². The van der Waals surface area contributed by atoms with Gasteiger partial charge < -0.3 is 15.4 Å². The van der Waals surface area contributed by atoms with Gasteiger partial charge in [0.1, 0.15) is 0 Å². The van der Waals surface area contributed by atoms with E-state index in [1.54, 1.807) is 24.3 Å². The highest BCUT2D eigenvalue weighted by Crippen LogP contribution is 2.13. The molecule has 1 aromatic carbocycles. The first-order valence-electron chi connectivity index (χ1n) is 10.2. The van der Waals surface area contributed by atoms with Crippen molar-refractivity contribution in [3.05, 3.63) is 29.8 Å². The second kappa shape index (κ2) is 13.5. The maximum atomic E-state index is 11.8. The van der Waals surface area contributed by atoms with Gasteiger partial charge in [-0.05, 0) is 37.6 Å². The third-order valence-electron chi connectivity index (χ3n) is 5.03. The topological polar surface area (TPSA) is 95.1 Å². The smallest absolute Gasteiger partial charge is 0.240 e. The number of rotatable bonds is 9. The molecular formula is C20H36IN5O3S. The maximum Gasteiger partial charge on any atom is 0.240 e. The monoisotopic (exact) mass is 553 g/mol. The van der Waals surface area contributed by atoms with Gasteiger partial charge in [0.2, 0.25) is 10.0 Å². The number of benzene rings is 1. The minimum absolute atomic E-state index is 0. The van der Waals surface area contributed by atoms with E-state index in [-0.39, 0.29) is 28.9 Å². The molecule has 30 heavy (non-hydrogen) atoms. The lowest BCUT2D eigenvalue weighted by atomic mass is 10.0. The van der Waals surface area contributed by atoms with Gasteiger partial charge in [-0.2, -0.15) is 0 Å². The van der Waals surface area contributed by atoms with E-state index < -0.39 is 10.0 Å². The molecule has 0 spiro atoms. The molecule has 1 saturated heterocycles. The molecule has 0 amide bonds. The van der Waals surface area contributed by atoms with Crippen LogP contribution in [0.4, 0.5) is 0 Å². The molecule has 2 rings (SSSR count). The molecule has 1 aliphatic heterocycles. The first-order valence-corrected chi connectivity index (χ1v) is 11.7. The minimum Gasteiger partial charge on any atom is -0.379 e. The number of ether oxygens (including phenoxy) is 1. The third-order valence-corrected chi connectivity index (χ3v) is 6.46. The summed E-state index contributed by atoms with van der Waals surface area (Å²) in [6.07, 6.45) is 0. The van der Waals surface area contributed by atoms with Crippen LogP contribution in [0.15, 0.2) is 34.2 Å². The summed E-state index contributed by atoms with van der Waals surface area (Å²) in [5, 5.41) is 6.75. The molecule has 8 nitrogen and oxygen atoms in total. The Kier molecular flexibility index (Phi) is 12.2. The van der Waals surface area contributed by atoms with Gasteiger partial charge in [0, 0.05) is 32.2 Å². The van der Waals surface area contributed by atoms with E-state index in [4.69, 9.17) is 4.74 Å². The molecule has 172 valence electrons. The Morgan fingerprint density at radius 1 is 1.17 bits per heavy atom. The zero-order valence-corrected chi connectivity index (χ0v) is 21.5. The van der Waals surface area contributed by atoms with Crippen LogP contribution in [0.5, 0.6) is 0 Å². The summed E-state index contributed by atoms with van der Waals surface area (Å²) in [5.74, 6) is 1.28. The molecule has 10 heteroatoms. The van der Waals surface area contributed by atoms with E-state index in [0.29, 0.717) is 18.5 Å². The van der Waals surface area contributed by atoms with Gasteiger partial charge in [-0.15, -0.1) is 24.0 Å². The van der Waals surface area contributed by atoms with Crippen molar-refractivity contribution < 1.29 is 13.2 Å². The molecule has 0 aromatic heterocycles. The number of hydrogen-bond donors (Lipinski definition) is 3. The van der Waals surface area contributed by atoms with E-state index in [1.165, 1.54) is 7.05 Å². The van der Waals surface area contributed by atoms with Gasteiger partial charge in [-0.25, -0.2) is 18.1 Å². The van der Waals surface area contributed by atoms with Crippen molar-refractivity contribution in [1.82, 2.24) is 20.3 Å². The highest BCUT2D eigenvalue weighted by molar-refractivity contribution is 14.0. The Bertz CT molecular complexity index is 750. The first kappa shape index (κ1) is 27.1. The number of guanidine groups is 1. The lowest BCUT2D eigenvalue weighted by Crippen LogP contribution is -2.52. The lowest BCUT2D eigenvalue weighted by molar-refractivity contribution is 0.00752. The summed E-state index contributed by atoms with van der Waals surface area (Å²) in [5.41, 5.74) is 0.950. The van der Waals surface area contributed by atoms with Gasteiger partial charge in [0.05, 0.1) is 24.7 Å². The third kappa shape index (κ3) is 8.29. The maximum absolute atomic E-state index is 11.8. The Balaban J connectivity index is 0.00000450. The van der Waals surface area contributed by atoms with E-state index in [9.17, 15) is 8.42 Å². The zero-order valence-electron chi connectivity index (χ0n) is 18.3. The molecule has 0 radical (unpaired) electrons. The molecule has 1 aliphatic rings. The predicted molar refractivity (Wildman–Crippen MR) is 132 cm³/mol. The van der Waals surface area contributed by atoms with Crippen LogP contribution in [0, 0.1) is 5.92 Å². The van der Waals surface area contributed by atoms with Crippen LogP contribution in [0.2, 0.25) is 0 Å². The predicted octanol–water partition coefficient (Wildman–Crippen LogP) is 1.62. The van der Waals surface area contributed by atoms with E-state index in [0.717, 1.165) is 50.9 Å². The van der Waals surface area contributed by atoms with Crippen molar-refractivity contribution >= 4 is 40.0 Å². The summed E-state index contributed by atoms with van der Waals surface area (Å²) in [6.45, 7) is 12.1. The highest BCUT2D eigenvalue weighted by atomic mass is 127.